The van der Waals surface area contributed by atoms with Crippen molar-refractivity contribution in [2.24, 2.45) is 0 Å². The molecular formula is C10H14O3. The van der Waals surface area contributed by atoms with Crippen LogP contribution in [0.1, 0.15) is 16.7 Å². The molecule has 0 amide bonds. The van der Waals surface area contributed by atoms with Gasteiger partial charge in [0.2, 0.25) is 0 Å². The van der Waals surface area contributed by atoms with Gasteiger partial charge in [-0.2, -0.15) is 0 Å². The van der Waals surface area contributed by atoms with Crippen LogP contribution in [0, 0.1) is 13.8 Å². The van der Waals surface area contributed by atoms with Crippen LogP contribution in [0.3, 0.4) is 0 Å². The zero-order valence-corrected chi connectivity index (χ0v) is 7.83. The summed E-state index contributed by atoms with van der Waals surface area (Å²) >= 11 is 0. The molecule has 13 heavy (non-hydrogen) atoms. The van der Waals surface area contributed by atoms with Crippen molar-refractivity contribution in [3.8, 4) is 11.5 Å². The van der Waals surface area contributed by atoms with Crippen LogP contribution in [0.2, 0.25) is 0 Å². The predicted octanol–water partition coefficient (Wildman–Crippen LogP) is 1.25. The van der Waals surface area contributed by atoms with Crippen molar-refractivity contribution in [2.45, 2.75) is 20.3 Å². The highest BCUT2D eigenvalue weighted by Crippen LogP contribution is 2.33. The first kappa shape index (κ1) is 9.86. The molecule has 3 heteroatoms. The third-order valence-corrected chi connectivity index (χ3v) is 2.33. The molecule has 0 aliphatic rings. The minimum atomic E-state index is -0.119. The van der Waals surface area contributed by atoms with Gasteiger partial charge in [0.05, 0.1) is 0 Å². The first-order valence-electron chi connectivity index (χ1n) is 4.19. The molecule has 1 rings (SSSR count). The fraction of sp³-hybridized carbons (Fsp3) is 0.400. The van der Waals surface area contributed by atoms with Crippen LogP contribution < -0.4 is 0 Å². The van der Waals surface area contributed by atoms with Gasteiger partial charge in [-0.25, -0.2) is 0 Å². The van der Waals surface area contributed by atoms with Crippen molar-refractivity contribution in [1.82, 2.24) is 0 Å². The molecule has 1 aromatic rings. The SMILES string of the molecule is Cc1c(CCO)cc(O)c(O)c1C. The Hall–Kier alpha value is -1.22. The Morgan fingerprint density at radius 1 is 1.15 bits per heavy atom. The Bertz CT molecular complexity index is 318. The zero-order valence-electron chi connectivity index (χ0n) is 7.83. The first-order chi connectivity index (χ1) is 6.07. The molecule has 3 nitrogen and oxygen atoms in total. The maximum atomic E-state index is 9.37. The third-order valence-electron chi connectivity index (χ3n) is 2.33. The maximum absolute atomic E-state index is 9.37. The summed E-state index contributed by atoms with van der Waals surface area (Å²) in [7, 11) is 0. The number of phenols is 2. The van der Waals surface area contributed by atoms with Crippen molar-refractivity contribution < 1.29 is 15.3 Å². The molecule has 0 aliphatic heterocycles. The molecule has 0 atom stereocenters. The summed E-state index contributed by atoms with van der Waals surface area (Å²) in [5.41, 5.74) is 2.46. The number of aromatic hydroxyl groups is 2. The highest BCUT2D eigenvalue weighted by Gasteiger charge is 2.09. The van der Waals surface area contributed by atoms with E-state index in [1.54, 1.807) is 6.92 Å². The molecule has 0 radical (unpaired) electrons. The van der Waals surface area contributed by atoms with Gasteiger partial charge in [-0.3, -0.25) is 0 Å². The molecule has 0 aliphatic carbocycles. The molecule has 0 bridgehead atoms. The lowest BCUT2D eigenvalue weighted by Crippen LogP contribution is -1.96. The van der Waals surface area contributed by atoms with Crippen molar-refractivity contribution in [1.29, 1.82) is 0 Å². The van der Waals surface area contributed by atoms with E-state index in [0.717, 1.165) is 11.1 Å². The van der Waals surface area contributed by atoms with E-state index in [1.807, 2.05) is 6.92 Å². The topological polar surface area (TPSA) is 60.7 Å². The summed E-state index contributed by atoms with van der Waals surface area (Å²) in [6.45, 7) is 3.65. The second-order valence-electron chi connectivity index (χ2n) is 3.13. The number of hydrogen-bond donors (Lipinski definition) is 3. The normalized spacial score (nSPS) is 10.4. The monoisotopic (exact) mass is 182 g/mol. The van der Waals surface area contributed by atoms with E-state index in [2.05, 4.69) is 0 Å². The average molecular weight is 182 g/mol. The van der Waals surface area contributed by atoms with Gasteiger partial charge in [0.15, 0.2) is 11.5 Å². The highest BCUT2D eigenvalue weighted by atomic mass is 16.3. The Morgan fingerprint density at radius 2 is 1.77 bits per heavy atom. The number of hydrogen-bond acceptors (Lipinski definition) is 3. The molecule has 0 aromatic heterocycles. The van der Waals surface area contributed by atoms with E-state index in [-0.39, 0.29) is 18.1 Å². The second-order valence-corrected chi connectivity index (χ2v) is 3.13. The first-order valence-corrected chi connectivity index (χ1v) is 4.19. The van der Waals surface area contributed by atoms with Crippen LogP contribution in [-0.2, 0) is 6.42 Å². The van der Waals surface area contributed by atoms with Crippen LogP contribution in [0.15, 0.2) is 6.07 Å². The lowest BCUT2D eigenvalue weighted by Gasteiger charge is -2.10. The summed E-state index contributed by atoms with van der Waals surface area (Å²) in [6.07, 6.45) is 0.501. The van der Waals surface area contributed by atoms with Crippen molar-refractivity contribution >= 4 is 0 Å². The van der Waals surface area contributed by atoms with Crippen molar-refractivity contribution in [3.63, 3.8) is 0 Å². The van der Waals surface area contributed by atoms with E-state index in [1.165, 1.54) is 6.07 Å². The van der Waals surface area contributed by atoms with Gasteiger partial charge in [-0.15, -0.1) is 0 Å². The van der Waals surface area contributed by atoms with Crippen LogP contribution in [-0.4, -0.2) is 21.9 Å². The molecule has 0 spiro atoms. The van der Waals surface area contributed by atoms with Gasteiger partial charge in [-0.05, 0) is 43.0 Å². The van der Waals surface area contributed by atoms with Gasteiger partial charge < -0.3 is 15.3 Å². The van der Waals surface area contributed by atoms with E-state index >= 15 is 0 Å². The quantitative estimate of drug-likeness (QED) is 0.603. The Balaban J connectivity index is 3.24. The van der Waals surface area contributed by atoms with Crippen LogP contribution in [0.4, 0.5) is 0 Å². The standard InChI is InChI=1S/C10H14O3/c1-6-7(2)10(13)9(12)5-8(6)3-4-11/h5,11-13H,3-4H2,1-2H3. The summed E-state index contributed by atoms with van der Waals surface area (Å²) < 4.78 is 0. The van der Waals surface area contributed by atoms with Crippen LogP contribution in [0.5, 0.6) is 11.5 Å². The Labute approximate surface area is 77.3 Å². The maximum Gasteiger partial charge on any atom is 0.160 e. The Morgan fingerprint density at radius 3 is 2.31 bits per heavy atom. The summed E-state index contributed by atoms with van der Waals surface area (Å²) in [6, 6.07) is 1.49. The number of rotatable bonds is 2. The summed E-state index contributed by atoms with van der Waals surface area (Å²) in [5.74, 6) is -0.189. The summed E-state index contributed by atoms with van der Waals surface area (Å²) in [4.78, 5) is 0. The number of aliphatic hydroxyl groups is 1. The summed E-state index contributed by atoms with van der Waals surface area (Å²) in [5, 5.41) is 27.4. The van der Waals surface area contributed by atoms with E-state index < -0.39 is 0 Å². The molecule has 0 fully saturated rings. The van der Waals surface area contributed by atoms with Crippen molar-refractivity contribution in [3.05, 3.63) is 22.8 Å². The minimum Gasteiger partial charge on any atom is -0.504 e. The fourth-order valence-corrected chi connectivity index (χ4v) is 1.33. The van der Waals surface area contributed by atoms with E-state index in [9.17, 15) is 10.2 Å². The Kier molecular flexibility index (Phi) is 2.78. The van der Waals surface area contributed by atoms with Gasteiger partial charge in [0.1, 0.15) is 0 Å². The van der Waals surface area contributed by atoms with Crippen LogP contribution in [0.25, 0.3) is 0 Å². The second kappa shape index (κ2) is 3.66. The number of phenolic OH excluding ortho intramolecular Hbond substituents is 2. The van der Waals surface area contributed by atoms with Gasteiger partial charge in [0, 0.05) is 6.61 Å². The van der Waals surface area contributed by atoms with E-state index in [0.29, 0.717) is 12.0 Å². The largest absolute Gasteiger partial charge is 0.504 e. The molecule has 72 valence electrons. The van der Waals surface area contributed by atoms with E-state index in [4.69, 9.17) is 5.11 Å². The molecule has 0 saturated heterocycles. The fourth-order valence-electron chi connectivity index (χ4n) is 1.33. The molecule has 1 aromatic carbocycles. The zero-order chi connectivity index (χ0) is 10.0. The molecule has 3 N–H and O–H groups in total. The van der Waals surface area contributed by atoms with Gasteiger partial charge >= 0.3 is 0 Å². The highest BCUT2D eigenvalue weighted by molar-refractivity contribution is 5.51. The van der Waals surface area contributed by atoms with Gasteiger partial charge in [0.25, 0.3) is 0 Å². The molecule has 0 heterocycles. The predicted molar refractivity (Wildman–Crippen MR) is 50.0 cm³/mol. The van der Waals surface area contributed by atoms with Gasteiger partial charge in [-0.1, -0.05) is 0 Å². The third kappa shape index (κ3) is 1.75. The molecule has 0 saturated carbocycles. The molecular weight excluding hydrogens is 168 g/mol. The molecule has 0 unspecified atom stereocenters. The number of benzene rings is 1. The number of aliphatic hydroxyl groups excluding tert-OH is 1. The average Bonchev–Trinajstić information content (AvgIpc) is 2.11. The minimum absolute atomic E-state index is 0.0461. The smallest absolute Gasteiger partial charge is 0.160 e. The van der Waals surface area contributed by atoms with Crippen molar-refractivity contribution in [2.75, 3.05) is 6.61 Å². The lowest BCUT2D eigenvalue weighted by atomic mass is 9.99. The van der Waals surface area contributed by atoms with Crippen LogP contribution >= 0.6 is 0 Å². The lowest BCUT2D eigenvalue weighted by molar-refractivity contribution is 0.299.